The van der Waals surface area contributed by atoms with Crippen molar-refractivity contribution in [1.29, 1.82) is 0 Å². The molecule has 0 radical (unpaired) electrons. The van der Waals surface area contributed by atoms with Gasteiger partial charge in [-0.1, -0.05) is 18.5 Å². The molecule has 2 aromatic rings. The Balaban J connectivity index is 2.05. The maximum Gasteiger partial charge on any atom is 0.422 e. The van der Waals surface area contributed by atoms with Crippen molar-refractivity contribution < 1.29 is 27.5 Å². The van der Waals surface area contributed by atoms with Gasteiger partial charge in [-0.25, -0.2) is 4.98 Å². The first-order chi connectivity index (χ1) is 13.6. The Labute approximate surface area is 170 Å². The van der Waals surface area contributed by atoms with Crippen molar-refractivity contribution in [3.63, 3.8) is 0 Å². The summed E-state index contributed by atoms with van der Waals surface area (Å²) in [6, 6.07) is 3.90. The number of carbonyl (C=O) groups excluding carboxylic acids is 2. The van der Waals surface area contributed by atoms with Crippen LogP contribution in [0.25, 0.3) is 0 Å². The number of ether oxygens (including phenoxy) is 1. The van der Waals surface area contributed by atoms with Crippen molar-refractivity contribution in [3.8, 4) is 5.88 Å². The average Bonchev–Trinajstić information content (AvgIpc) is 2.66. The highest BCUT2D eigenvalue weighted by atomic mass is 35.5. The van der Waals surface area contributed by atoms with Crippen LogP contribution >= 0.6 is 11.6 Å². The van der Waals surface area contributed by atoms with Crippen molar-refractivity contribution >= 4 is 23.3 Å². The fourth-order valence-electron chi connectivity index (χ4n) is 2.34. The molecule has 1 N–H and O–H groups in total. The SMILES string of the molecule is CCC(=O)Cc1cc(C(=O)NC(C)c2cnc(OCC(F)(F)F)c(Cl)c2)ccn1. The van der Waals surface area contributed by atoms with Gasteiger partial charge in [0.25, 0.3) is 5.91 Å². The van der Waals surface area contributed by atoms with E-state index >= 15 is 0 Å². The summed E-state index contributed by atoms with van der Waals surface area (Å²) in [5.41, 5.74) is 1.31. The third-order valence-electron chi connectivity index (χ3n) is 3.90. The fraction of sp³-hybridized carbons (Fsp3) is 0.368. The molecule has 0 aliphatic carbocycles. The van der Waals surface area contributed by atoms with Crippen molar-refractivity contribution in [1.82, 2.24) is 15.3 Å². The van der Waals surface area contributed by atoms with Crippen molar-refractivity contribution in [2.24, 2.45) is 0 Å². The summed E-state index contributed by atoms with van der Waals surface area (Å²) in [6.45, 7) is 1.92. The second-order valence-electron chi connectivity index (χ2n) is 6.26. The van der Waals surface area contributed by atoms with Crippen LogP contribution in [0.1, 0.15) is 47.9 Å². The van der Waals surface area contributed by atoms with Gasteiger partial charge in [-0.2, -0.15) is 13.2 Å². The summed E-state index contributed by atoms with van der Waals surface area (Å²) in [4.78, 5) is 31.9. The lowest BCUT2D eigenvalue weighted by atomic mass is 10.1. The van der Waals surface area contributed by atoms with Crippen LogP contribution in [0.2, 0.25) is 5.02 Å². The number of aromatic nitrogens is 2. The predicted molar refractivity (Wildman–Crippen MR) is 99.9 cm³/mol. The van der Waals surface area contributed by atoms with Crippen LogP contribution in [0.3, 0.4) is 0 Å². The molecule has 0 bridgehead atoms. The largest absolute Gasteiger partial charge is 0.467 e. The number of carbonyl (C=O) groups is 2. The zero-order valence-corrected chi connectivity index (χ0v) is 16.5. The topological polar surface area (TPSA) is 81.2 Å². The normalized spacial score (nSPS) is 12.3. The number of halogens is 4. The van der Waals surface area contributed by atoms with Gasteiger partial charge in [-0.3, -0.25) is 14.6 Å². The molecule has 0 aliphatic heterocycles. The van der Waals surface area contributed by atoms with Crippen LogP contribution in [0.4, 0.5) is 13.2 Å². The number of amides is 1. The summed E-state index contributed by atoms with van der Waals surface area (Å²) in [5.74, 6) is -0.735. The molecule has 29 heavy (non-hydrogen) atoms. The third-order valence-corrected chi connectivity index (χ3v) is 4.17. The van der Waals surface area contributed by atoms with Crippen LogP contribution in [0, 0.1) is 0 Å². The maximum atomic E-state index is 12.5. The minimum Gasteiger partial charge on any atom is -0.467 e. The van der Waals surface area contributed by atoms with E-state index in [4.69, 9.17) is 11.6 Å². The second kappa shape index (κ2) is 9.69. The van der Waals surface area contributed by atoms with E-state index in [-0.39, 0.29) is 23.1 Å². The number of ketones is 1. The van der Waals surface area contributed by atoms with Crippen molar-refractivity contribution in [3.05, 3.63) is 52.4 Å². The smallest absolute Gasteiger partial charge is 0.422 e. The lowest BCUT2D eigenvalue weighted by molar-refractivity contribution is -0.154. The Hall–Kier alpha value is -2.68. The number of hydrogen-bond donors (Lipinski definition) is 1. The molecule has 0 fully saturated rings. The highest BCUT2D eigenvalue weighted by Gasteiger charge is 2.29. The van der Waals surface area contributed by atoms with Gasteiger partial charge in [0.15, 0.2) is 6.61 Å². The maximum absolute atomic E-state index is 12.5. The van der Waals surface area contributed by atoms with E-state index in [9.17, 15) is 22.8 Å². The van der Waals surface area contributed by atoms with E-state index in [0.717, 1.165) is 0 Å². The zero-order valence-electron chi connectivity index (χ0n) is 15.7. The highest BCUT2D eigenvalue weighted by Crippen LogP contribution is 2.27. The van der Waals surface area contributed by atoms with Gasteiger partial charge in [-0.15, -0.1) is 0 Å². The summed E-state index contributed by atoms with van der Waals surface area (Å²) in [7, 11) is 0. The van der Waals surface area contributed by atoms with Crippen molar-refractivity contribution in [2.75, 3.05) is 6.61 Å². The Kier molecular flexibility index (Phi) is 7.55. The van der Waals surface area contributed by atoms with Crippen LogP contribution in [-0.2, 0) is 11.2 Å². The minimum absolute atomic E-state index is 0.0111. The van der Waals surface area contributed by atoms with Crippen LogP contribution in [0.5, 0.6) is 5.88 Å². The van der Waals surface area contributed by atoms with Gasteiger partial charge in [0.1, 0.15) is 10.8 Å². The first kappa shape index (κ1) is 22.6. The van der Waals surface area contributed by atoms with E-state index in [1.54, 1.807) is 13.8 Å². The van der Waals surface area contributed by atoms with Gasteiger partial charge < -0.3 is 10.1 Å². The summed E-state index contributed by atoms with van der Waals surface area (Å²) in [6.07, 6.45) is -1.25. The molecule has 0 aliphatic rings. The summed E-state index contributed by atoms with van der Waals surface area (Å²) in [5, 5.41) is 2.64. The standard InChI is InChI=1S/C19H19ClF3N3O3/c1-3-15(27)8-14-6-12(4-5-24-14)17(28)26-11(2)13-7-16(20)18(25-9-13)29-10-19(21,22)23/h4-7,9,11H,3,8,10H2,1-2H3,(H,26,28). The van der Waals surface area contributed by atoms with Crippen LogP contribution in [-0.4, -0.2) is 34.4 Å². The third kappa shape index (κ3) is 7.01. The molecule has 156 valence electrons. The number of nitrogens with one attached hydrogen (secondary N) is 1. The molecule has 6 nitrogen and oxygen atoms in total. The lowest BCUT2D eigenvalue weighted by Gasteiger charge is -2.16. The number of alkyl halides is 3. The van der Waals surface area contributed by atoms with E-state index in [1.807, 2.05) is 0 Å². The Morgan fingerprint density at radius 1 is 1.28 bits per heavy atom. The fourth-order valence-corrected chi connectivity index (χ4v) is 2.57. The summed E-state index contributed by atoms with van der Waals surface area (Å²) >= 11 is 5.93. The molecule has 2 aromatic heterocycles. The van der Waals surface area contributed by atoms with E-state index in [0.29, 0.717) is 23.2 Å². The van der Waals surface area contributed by atoms with Gasteiger partial charge in [0, 0.05) is 36.5 Å². The molecule has 1 atom stereocenters. The first-order valence-corrected chi connectivity index (χ1v) is 9.09. The minimum atomic E-state index is -4.50. The van der Waals surface area contributed by atoms with Gasteiger partial charge in [-0.05, 0) is 30.7 Å². The monoisotopic (exact) mass is 429 g/mol. The molecule has 1 unspecified atom stereocenters. The molecule has 2 rings (SSSR count). The molecule has 0 spiro atoms. The number of pyridine rings is 2. The summed E-state index contributed by atoms with van der Waals surface area (Å²) < 4.78 is 41.3. The highest BCUT2D eigenvalue weighted by molar-refractivity contribution is 6.31. The molecule has 0 saturated carbocycles. The quantitative estimate of drug-likeness (QED) is 0.683. The van der Waals surface area contributed by atoms with Gasteiger partial charge in [0.2, 0.25) is 5.88 Å². The molecule has 0 aromatic carbocycles. The molecule has 1 amide bonds. The molecular formula is C19H19ClF3N3O3. The number of Topliss-reactive ketones (excluding diaryl/α,β-unsaturated/α-hetero) is 1. The number of rotatable bonds is 8. The average molecular weight is 430 g/mol. The number of hydrogen-bond acceptors (Lipinski definition) is 5. The Morgan fingerprint density at radius 2 is 2.00 bits per heavy atom. The van der Waals surface area contributed by atoms with E-state index in [2.05, 4.69) is 20.0 Å². The van der Waals surface area contributed by atoms with Crippen LogP contribution in [0.15, 0.2) is 30.6 Å². The molecule has 0 saturated heterocycles. The zero-order chi connectivity index (χ0) is 21.6. The van der Waals surface area contributed by atoms with E-state index < -0.39 is 24.7 Å². The van der Waals surface area contributed by atoms with Gasteiger partial charge >= 0.3 is 6.18 Å². The van der Waals surface area contributed by atoms with E-state index in [1.165, 1.54) is 30.6 Å². The molecule has 2 heterocycles. The van der Waals surface area contributed by atoms with Crippen molar-refractivity contribution in [2.45, 2.75) is 38.9 Å². The van der Waals surface area contributed by atoms with Crippen LogP contribution < -0.4 is 10.1 Å². The predicted octanol–water partition coefficient (Wildman–Crippen LogP) is 4.08. The molecular weight excluding hydrogens is 411 g/mol. The Bertz CT molecular complexity index is 890. The molecule has 10 heteroatoms. The van der Waals surface area contributed by atoms with Gasteiger partial charge in [0.05, 0.1) is 6.04 Å². The second-order valence-corrected chi connectivity index (χ2v) is 6.67. The lowest BCUT2D eigenvalue weighted by Crippen LogP contribution is -2.27. The Morgan fingerprint density at radius 3 is 2.62 bits per heavy atom. The first-order valence-electron chi connectivity index (χ1n) is 8.71. The number of nitrogens with zero attached hydrogens (tertiary/aromatic N) is 2.